The van der Waals surface area contributed by atoms with Gasteiger partial charge in [0.05, 0.1) is 13.2 Å². The maximum Gasteiger partial charge on any atom is 0.397 e. The number of hydrogen-bond acceptors (Lipinski definition) is 31. The van der Waals surface area contributed by atoms with Gasteiger partial charge in [0.25, 0.3) is 0 Å². The fraction of sp³-hybridized carbons (Fsp3) is 0.920. The summed E-state index contributed by atoms with van der Waals surface area (Å²) in [7, 11) is -33.4. The predicted octanol–water partition coefficient (Wildman–Crippen LogP) is -10.8. The van der Waals surface area contributed by atoms with Gasteiger partial charge in [-0.2, -0.15) is 60.0 Å². The van der Waals surface area contributed by atoms with Crippen molar-refractivity contribution in [2.45, 2.75) is 123 Å². The molecule has 0 aliphatic carbocycles. The average Bonchev–Trinajstić information content (AvgIpc) is 3.19. The van der Waals surface area contributed by atoms with E-state index in [1.54, 1.807) is 0 Å². The molecule has 20 atom stereocenters. The zero-order valence-electron chi connectivity index (χ0n) is 34.8. The van der Waals surface area contributed by atoms with Crippen LogP contribution in [0.1, 0.15) is 0 Å². The number of carboxylic acid groups (broad SMARTS) is 2. The summed E-state index contributed by atoms with van der Waals surface area (Å²) in [5.74, 6) is -4.39. The topological polar surface area (TPSA) is 637 Å². The molecule has 0 aromatic heterocycles. The Kier molecular flexibility index (Phi) is 20.3. The number of hydrogen-bond donors (Lipinski definition) is 15. The van der Waals surface area contributed by atoms with Gasteiger partial charge in [-0.3, -0.25) is 27.3 Å². The van der Waals surface area contributed by atoms with Gasteiger partial charge in [0.2, 0.25) is 0 Å². The number of rotatable bonds is 23. The van der Waals surface area contributed by atoms with E-state index in [0.29, 0.717) is 0 Å². The summed E-state index contributed by atoms with van der Waals surface area (Å²) in [4.78, 5) is 24.8. The molecule has 15 N–H and O–H groups in total. The number of carboxylic acids is 2. The molecule has 41 nitrogen and oxygen atoms in total. The molecule has 4 saturated heterocycles. The van der Waals surface area contributed by atoms with Crippen LogP contribution < -0.4 is 9.44 Å². The van der Waals surface area contributed by atoms with E-state index in [1.807, 2.05) is 0 Å². The Morgan fingerprint density at radius 3 is 1.19 bits per heavy atom. The number of methoxy groups -OCH3 is 1. The standard InChI is InChI=1S/C25H42N2O39S6/c1-55-14-10(30)16(65-71(49,50)51)24(63-18(14)20(32)33)61-13-5(3-57-70(46,47)48)59-23(7(9(13)29)27-68(40,41)42)62-15-11(31)17(66-72(52,53)54)25(64-19(15)21(34)35)60-12-4(2-56-69(43,44)45)58-22(36)6(8(12)28)26-67(37,38)39/h4-19,22-31,36H,2-3H2,1H3,(H,32,33)(H,34,35)(H,37,38,39)(H,40,41,42)(H,43,44,45)(H,46,47,48)(H,49,50,51)(H,52,53,54)/t4?,5?,6?,7?,8-,9-,10+,11+,12+,13-,14+,15+,16?,17?,18?,19?,22-,23-,24+,25+/m0/s1. The van der Waals surface area contributed by atoms with Crippen LogP contribution in [-0.2, 0) is 126 Å². The number of carbonyl (C=O) groups is 2. The normalized spacial score (nSPS) is 38.8. The molecule has 0 spiro atoms. The molecule has 4 aliphatic heterocycles. The monoisotopic (exact) mass is 1190 g/mol. The minimum absolute atomic E-state index is 0.756. The van der Waals surface area contributed by atoms with Crippen LogP contribution in [0.3, 0.4) is 0 Å². The van der Waals surface area contributed by atoms with Crippen molar-refractivity contribution in [1.29, 1.82) is 0 Å². The van der Waals surface area contributed by atoms with E-state index in [4.69, 9.17) is 42.4 Å². The molecule has 4 rings (SSSR count). The van der Waals surface area contributed by atoms with Crippen LogP contribution in [0.5, 0.6) is 0 Å². The molecule has 0 aromatic rings. The number of ether oxygens (including phenoxy) is 8. The Bertz CT molecular complexity index is 2600. The lowest BCUT2D eigenvalue weighted by molar-refractivity contribution is -0.367. The van der Waals surface area contributed by atoms with Crippen molar-refractivity contribution in [3.8, 4) is 0 Å². The van der Waals surface area contributed by atoms with Crippen LogP contribution in [0, 0.1) is 0 Å². The minimum atomic E-state index is -6.02. The third kappa shape index (κ3) is 17.3. The molecule has 0 amide bonds. The summed E-state index contributed by atoms with van der Waals surface area (Å²) < 4.78 is 259. The first-order chi connectivity index (χ1) is 32.6. The molecule has 8 unspecified atom stereocenters. The summed E-state index contributed by atoms with van der Waals surface area (Å²) in [6.07, 6.45) is -49.0. The second-order valence-electron chi connectivity index (χ2n) is 14.7. The van der Waals surface area contributed by atoms with Gasteiger partial charge >= 0.3 is 74.1 Å². The molecular weight excluding hydrogens is 1140 g/mol. The van der Waals surface area contributed by atoms with E-state index in [1.165, 1.54) is 9.44 Å². The molecule has 0 aromatic carbocycles. The molecule has 0 bridgehead atoms. The number of aliphatic hydroxyl groups excluding tert-OH is 5. The quantitative estimate of drug-likeness (QED) is 0.0423. The van der Waals surface area contributed by atoms with Crippen molar-refractivity contribution >= 4 is 74.1 Å². The minimum Gasteiger partial charge on any atom is -0.479 e. The first-order valence-corrected chi connectivity index (χ1v) is 27.0. The highest BCUT2D eigenvalue weighted by Gasteiger charge is 2.60. The van der Waals surface area contributed by atoms with Gasteiger partial charge in [0.1, 0.15) is 73.1 Å². The van der Waals surface area contributed by atoms with Gasteiger partial charge in [-0.15, -0.1) is 0 Å². The Labute approximate surface area is 403 Å². The van der Waals surface area contributed by atoms with Crippen molar-refractivity contribution in [2.75, 3.05) is 20.3 Å². The van der Waals surface area contributed by atoms with Crippen LogP contribution >= 0.6 is 0 Å². The molecule has 422 valence electrons. The van der Waals surface area contributed by atoms with E-state index in [-0.39, 0.29) is 0 Å². The second-order valence-corrected chi connectivity index (χ2v) is 21.4. The fourth-order valence-electron chi connectivity index (χ4n) is 7.11. The molecule has 72 heavy (non-hydrogen) atoms. The van der Waals surface area contributed by atoms with Crippen molar-refractivity contribution in [1.82, 2.24) is 9.44 Å². The van der Waals surface area contributed by atoms with Gasteiger partial charge < -0.3 is 73.6 Å². The summed E-state index contributed by atoms with van der Waals surface area (Å²) in [6, 6.07) is -5.33. The molecule has 0 saturated carbocycles. The molecule has 4 heterocycles. The van der Waals surface area contributed by atoms with Crippen molar-refractivity contribution in [3.05, 3.63) is 0 Å². The van der Waals surface area contributed by atoms with E-state index in [0.717, 1.165) is 7.11 Å². The van der Waals surface area contributed by atoms with Crippen molar-refractivity contribution in [3.63, 3.8) is 0 Å². The summed E-state index contributed by atoms with van der Waals surface area (Å²) in [5.41, 5.74) is 0. The Balaban J connectivity index is 1.82. The summed E-state index contributed by atoms with van der Waals surface area (Å²) in [5, 5.41) is 75.2. The molecule has 4 fully saturated rings. The maximum atomic E-state index is 12.7. The lowest BCUT2D eigenvalue weighted by atomic mass is 9.94. The number of aliphatic hydroxyl groups is 5. The highest BCUT2D eigenvalue weighted by molar-refractivity contribution is 7.84. The average molecular weight is 1190 g/mol. The van der Waals surface area contributed by atoms with E-state index in [2.05, 4.69) is 16.7 Å². The first kappa shape index (κ1) is 62.2. The fourth-order valence-corrected chi connectivity index (χ4v) is 9.89. The molecule has 0 radical (unpaired) electrons. The van der Waals surface area contributed by atoms with E-state index < -0.39 is 210 Å². The van der Waals surface area contributed by atoms with E-state index in [9.17, 15) is 119 Å². The van der Waals surface area contributed by atoms with Crippen molar-refractivity contribution < 1.29 is 178 Å². The number of aliphatic carboxylic acids is 2. The van der Waals surface area contributed by atoms with Crippen LogP contribution in [-0.4, -0.2) is 269 Å². The molecule has 47 heteroatoms. The largest absolute Gasteiger partial charge is 0.479 e. The highest BCUT2D eigenvalue weighted by atomic mass is 32.3. The predicted molar refractivity (Wildman–Crippen MR) is 206 cm³/mol. The lowest BCUT2D eigenvalue weighted by Gasteiger charge is -2.49. The van der Waals surface area contributed by atoms with Crippen LogP contribution in [0.25, 0.3) is 0 Å². The smallest absolute Gasteiger partial charge is 0.397 e. The van der Waals surface area contributed by atoms with Crippen LogP contribution in [0.15, 0.2) is 0 Å². The SMILES string of the molecule is CO[C@H]1C(C(=O)O)O[C@@H](O[C@H]2C(COS(=O)(=O)O)O[C@@H](O[C@H]3C(C(=O)O)O[C@@H](O[C@@H]4C(COS(=O)(=O)O)O[C@H](O)C(NS(=O)(=O)O)[C@@H]4O)C(OS(=O)(=O)O)[C@@H]3O)C(NS(=O)(=O)O)[C@@H]2O)C(OS(=O)(=O)O)[C@@H]1O. The highest BCUT2D eigenvalue weighted by Crippen LogP contribution is 2.37. The Morgan fingerprint density at radius 1 is 0.458 bits per heavy atom. The summed E-state index contributed by atoms with van der Waals surface area (Å²) in [6.45, 7) is -3.29. The lowest BCUT2D eigenvalue weighted by Crippen LogP contribution is -2.70. The first-order valence-electron chi connectivity index (χ1n) is 18.6. The van der Waals surface area contributed by atoms with Gasteiger partial charge in [-0.1, -0.05) is 0 Å². The zero-order chi connectivity index (χ0) is 55.0. The van der Waals surface area contributed by atoms with Gasteiger partial charge in [0, 0.05) is 7.11 Å². The van der Waals surface area contributed by atoms with E-state index >= 15 is 0 Å². The van der Waals surface area contributed by atoms with Crippen LogP contribution in [0.2, 0.25) is 0 Å². The zero-order valence-corrected chi connectivity index (χ0v) is 39.7. The van der Waals surface area contributed by atoms with Crippen LogP contribution in [0.4, 0.5) is 0 Å². The second kappa shape index (κ2) is 23.5. The van der Waals surface area contributed by atoms with Gasteiger partial charge in [-0.25, -0.2) is 26.3 Å². The van der Waals surface area contributed by atoms with Gasteiger partial charge in [0.15, 0.2) is 49.6 Å². The molecule has 4 aliphatic rings. The van der Waals surface area contributed by atoms with Gasteiger partial charge in [-0.05, 0) is 0 Å². The number of nitrogens with one attached hydrogen (secondary N) is 2. The molecular formula is C25H42N2O39S6. The Morgan fingerprint density at radius 2 is 0.819 bits per heavy atom. The maximum absolute atomic E-state index is 12.7. The Hall–Kier alpha value is -2.36. The summed E-state index contributed by atoms with van der Waals surface area (Å²) >= 11 is 0. The third-order valence-corrected chi connectivity index (χ3v) is 12.8. The third-order valence-electron chi connectivity index (χ3n) is 9.84. The van der Waals surface area contributed by atoms with Crippen molar-refractivity contribution in [2.24, 2.45) is 0 Å².